The summed E-state index contributed by atoms with van der Waals surface area (Å²) in [6.07, 6.45) is 0. The number of esters is 1. The van der Waals surface area contributed by atoms with E-state index in [0.29, 0.717) is 16.8 Å². The zero-order chi connectivity index (χ0) is 18.8. The van der Waals surface area contributed by atoms with Gasteiger partial charge in [0.1, 0.15) is 5.58 Å². The number of ether oxygens (including phenoxy) is 1. The number of carbonyl (C=O) groups is 2. The molecule has 0 aliphatic rings. The highest BCUT2D eigenvalue weighted by Crippen LogP contribution is 2.28. The van der Waals surface area contributed by atoms with Gasteiger partial charge in [0.05, 0.1) is 0 Å². The smallest absolute Gasteiger partial charge is 0.375 e. The maximum absolute atomic E-state index is 12.3. The minimum atomic E-state index is -0.661. The van der Waals surface area contributed by atoms with Crippen molar-refractivity contribution >= 4 is 44.5 Å². The summed E-state index contributed by atoms with van der Waals surface area (Å²) < 4.78 is 11.6. The first-order valence-electron chi connectivity index (χ1n) is 8.08. The average molecular weight is 416 g/mol. The molecule has 1 heterocycles. The van der Waals surface area contributed by atoms with Gasteiger partial charge < -0.3 is 14.5 Å². The topological polar surface area (TPSA) is 68.5 Å². The lowest BCUT2D eigenvalue weighted by Gasteiger charge is -2.09. The van der Waals surface area contributed by atoms with Crippen LogP contribution in [0.3, 0.4) is 0 Å². The van der Waals surface area contributed by atoms with Crippen molar-refractivity contribution in [1.82, 2.24) is 0 Å². The Morgan fingerprint density at radius 2 is 1.88 bits per heavy atom. The molecule has 5 nitrogen and oxygen atoms in total. The van der Waals surface area contributed by atoms with Crippen LogP contribution in [0.2, 0.25) is 0 Å². The summed E-state index contributed by atoms with van der Waals surface area (Å²) in [5.41, 5.74) is 3.95. The van der Waals surface area contributed by atoms with Gasteiger partial charge in [0.25, 0.3) is 5.91 Å². The number of aryl methyl sites for hydroxylation is 3. The number of carbonyl (C=O) groups excluding carboxylic acids is 2. The van der Waals surface area contributed by atoms with Crippen LogP contribution >= 0.6 is 15.9 Å². The first-order valence-corrected chi connectivity index (χ1v) is 8.87. The van der Waals surface area contributed by atoms with Crippen molar-refractivity contribution in [2.75, 3.05) is 11.9 Å². The van der Waals surface area contributed by atoms with Crippen molar-refractivity contribution in [2.45, 2.75) is 20.8 Å². The van der Waals surface area contributed by atoms with Crippen LogP contribution in [0, 0.1) is 20.8 Å². The van der Waals surface area contributed by atoms with Crippen LogP contribution in [0.5, 0.6) is 0 Å². The standard InChI is InChI=1S/C20H18BrNO4/c1-11-4-5-12(2)16(8-11)22-18(23)10-25-20(24)19-13(3)15-9-14(21)6-7-17(15)26-19/h4-9H,10H2,1-3H3,(H,22,23). The van der Waals surface area contributed by atoms with E-state index in [1.807, 2.05) is 44.2 Å². The van der Waals surface area contributed by atoms with Gasteiger partial charge in [0.2, 0.25) is 5.76 Å². The van der Waals surface area contributed by atoms with E-state index in [0.717, 1.165) is 21.0 Å². The number of benzene rings is 2. The van der Waals surface area contributed by atoms with Crippen molar-refractivity contribution in [3.63, 3.8) is 0 Å². The van der Waals surface area contributed by atoms with E-state index < -0.39 is 11.9 Å². The molecule has 2 aromatic carbocycles. The maximum Gasteiger partial charge on any atom is 0.375 e. The van der Waals surface area contributed by atoms with E-state index in [1.165, 1.54) is 0 Å². The lowest BCUT2D eigenvalue weighted by atomic mass is 10.1. The third kappa shape index (κ3) is 3.80. The molecule has 3 rings (SSSR count). The molecule has 0 aliphatic heterocycles. The predicted octanol–water partition coefficient (Wildman–Crippen LogP) is 4.92. The van der Waals surface area contributed by atoms with Crippen LogP contribution < -0.4 is 5.32 Å². The number of halogens is 1. The number of fused-ring (bicyclic) bond motifs is 1. The molecule has 6 heteroatoms. The molecule has 1 amide bonds. The summed E-state index contributed by atoms with van der Waals surface area (Å²) in [7, 11) is 0. The monoisotopic (exact) mass is 415 g/mol. The number of furan rings is 1. The van der Waals surface area contributed by atoms with Crippen LogP contribution in [0.1, 0.15) is 27.2 Å². The molecule has 0 bridgehead atoms. The molecule has 26 heavy (non-hydrogen) atoms. The first-order chi connectivity index (χ1) is 12.3. The van der Waals surface area contributed by atoms with Crippen molar-refractivity contribution in [2.24, 2.45) is 0 Å². The summed E-state index contributed by atoms with van der Waals surface area (Å²) in [5.74, 6) is -0.952. The van der Waals surface area contributed by atoms with Gasteiger partial charge in [-0.05, 0) is 56.2 Å². The molecule has 1 aromatic heterocycles. The number of anilines is 1. The Balaban J connectivity index is 1.68. The normalized spacial score (nSPS) is 10.8. The van der Waals surface area contributed by atoms with Crippen LogP contribution in [0.15, 0.2) is 45.3 Å². The highest BCUT2D eigenvalue weighted by atomic mass is 79.9. The predicted molar refractivity (Wildman–Crippen MR) is 103 cm³/mol. The fraction of sp³-hybridized carbons (Fsp3) is 0.200. The molecule has 0 fully saturated rings. The zero-order valence-electron chi connectivity index (χ0n) is 14.7. The summed E-state index contributed by atoms with van der Waals surface area (Å²) >= 11 is 3.39. The summed E-state index contributed by atoms with van der Waals surface area (Å²) in [5, 5.41) is 3.58. The van der Waals surface area contributed by atoms with Gasteiger partial charge in [0, 0.05) is 21.1 Å². The molecule has 0 saturated carbocycles. The molecule has 0 unspecified atom stereocenters. The Kier molecular flexibility index (Phi) is 5.13. The molecular weight excluding hydrogens is 398 g/mol. The number of hydrogen-bond donors (Lipinski definition) is 1. The number of nitrogens with one attached hydrogen (secondary N) is 1. The van der Waals surface area contributed by atoms with Crippen LogP contribution in [-0.2, 0) is 9.53 Å². The lowest BCUT2D eigenvalue weighted by molar-refractivity contribution is -0.119. The van der Waals surface area contributed by atoms with E-state index in [9.17, 15) is 9.59 Å². The lowest BCUT2D eigenvalue weighted by Crippen LogP contribution is -2.21. The Morgan fingerprint density at radius 1 is 1.12 bits per heavy atom. The first kappa shape index (κ1) is 18.2. The fourth-order valence-electron chi connectivity index (χ4n) is 2.64. The Hall–Kier alpha value is -2.60. The van der Waals surface area contributed by atoms with Gasteiger partial charge in [-0.15, -0.1) is 0 Å². The minimum Gasteiger partial charge on any atom is -0.450 e. The SMILES string of the molecule is Cc1ccc(C)c(NC(=O)COC(=O)c2oc3ccc(Br)cc3c2C)c1. The Morgan fingerprint density at radius 3 is 2.65 bits per heavy atom. The van der Waals surface area contributed by atoms with Crippen LogP contribution in [-0.4, -0.2) is 18.5 Å². The van der Waals surface area contributed by atoms with Gasteiger partial charge in [-0.25, -0.2) is 4.79 Å². The largest absolute Gasteiger partial charge is 0.450 e. The second-order valence-electron chi connectivity index (χ2n) is 6.14. The van der Waals surface area contributed by atoms with Crippen LogP contribution in [0.25, 0.3) is 11.0 Å². The molecule has 1 N–H and O–H groups in total. The van der Waals surface area contributed by atoms with E-state index in [4.69, 9.17) is 9.15 Å². The highest BCUT2D eigenvalue weighted by molar-refractivity contribution is 9.10. The van der Waals surface area contributed by atoms with Crippen molar-refractivity contribution in [3.8, 4) is 0 Å². The highest BCUT2D eigenvalue weighted by Gasteiger charge is 2.20. The average Bonchev–Trinajstić information content (AvgIpc) is 2.92. The molecule has 0 saturated heterocycles. The van der Waals surface area contributed by atoms with Gasteiger partial charge in [0.15, 0.2) is 6.61 Å². The van der Waals surface area contributed by atoms with Gasteiger partial charge in [-0.2, -0.15) is 0 Å². The molecule has 0 radical (unpaired) electrons. The number of amides is 1. The number of rotatable bonds is 4. The molecule has 0 aliphatic carbocycles. The molecule has 3 aromatic rings. The van der Waals surface area contributed by atoms with E-state index in [1.54, 1.807) is 13.0 Å². The van der Waals surface area contributed by atoms with E-state index in [-0.39, 0.29) is 12.4 Å². The van der Waals surface area contributed by atoms with Crippen LogP contribution in [0.4, 0.5) is 5.69 Å². The number of hydrogen-bond acceptors (Lipinski definition) is 4. The Labute approximate surface area is 159 Å². The molecular formula is C20H18BrNO4. The summed E-state index contributed by atoms with van der Waals surface area (Å²) in [4.78, 5) is 24.4. The van der Waals surface area contributed by atoms with Gasteiger partial charge in [-0.1, -0.05) is 28.1 Å². The molecule has 0 spiro atoms. The summed E-state index contributed by atoms with van der Waals surface area (Å²) in [6, 6.07) is 11.2. The fourth-order valence-corrected chi connectivity index (χ4v) is 3.00. The quantitative estimate of drug-likeness (QED) is 0.614. The maximum atomic E-state index is 12.3. The third-order valence-corrected chi connectivity index (χ3v) is 4.58. The van der Waals surface area contributed by atoms with E-state index >= 15 is 0 Å². The van der Waals surface area contributed by atoms with Crippen molar-refractivity contribution < 1.29 is 18.7 Å². The Bertz CT molecular complexity index is 1010. The van der Waals surface area contributed by atoms with Gasteiger partial charge in [-0.3, -0.25) is 4.79 Å². The third-order valence-electron chi connectivity index (χ3n) is 4.09. The minimum absolute atomic E-state index is 0.109. The van der Waals surface area contributed by atoms with Crippen molar-refractivity contribution in [3.05, 3.63) is 63.3 Å². The molecule has 134 valence electrons. The zero-order valence-corrected chi connectivity index (χ0v) is 16.3. The van der Waals surface area contributed by atoms with Gasteiger partial charge >= 0.3 is 5.97 Å². The summed E-state index contributed by atoms with van der Waals surface area (Å²) in [6.45, 7) is 5.24. The van der Waals surface area contributed by atoms with Crippen molar-refractivity contribution in [1.29, 1.82) is 0 Å². The second-order valence-corrected chi connectivity index (χ2v) is 7.06. The van der Waals surface area contributed by atoms with E-state index in [2.05, 4.69) is 21.2 Å². The molecule has 0 atom stereocenters. The second kappa shape index (κ2) is 7.33.